The Labute approximate surface area is 161 Å². The predicted octanol–water partition coefficient (Wildman–Crippen LogP) is 6.15. The third-order valence-electron chi connectivity index (χ3n) is 4.45. The smallest absolute Gasteiger partial charge is 0.103 e. The molecule has 1 heteroatoms. The monoisotopic (exact) mass is 360 g/mol. The van der Waals surface area contributed by atoms with Gasteiger partial charge in [0.1, 0.15) is 8.07 Å². The summed E-state index contributed by atoms with van der Waals surface area (Å²) in [6.45, 7) is 15.2. The van der Waals surface area contributed by atoms with Crippen molar-refractivity contribution in [1.82, 2.24) is 0 Å². The van der Waals surface area contributed by atoms with Crippen LogP contribution < -0.4 is 10.4 Å². The van der Waals surface area contributed by atoms with Crippen LogP contribution in [0.1, 0.15) is 19.3 Å². The molecule has 0 spiro atoms. The summed E-state index contributed by atoms with van der Waals surface area (Å²) in [6, 6.07) is 23.8. The number of rotatable bonds is 10. The van der Waals surface area contributed by atoms with Gasteiger partial charge < -0.3 is 0 Å². The Hall–Kier alpha value is -2.38. The molecule has 0 aliphatic rings. The summed E-state index contributed by atoms with van der Waals surface area (Å²) in [6.07, 6.45) is 11.4. The molecule has 0 fully saturated rings. The van der Waals surface area contributed by atoms with Gasteiger partial charge in [-0.1, -0.05) is 95.3 Å². The van der Waals surface area contributed by atoms with Gasteiger partial charge in [0.25, 0.3) is 0 Å². The van der Waals surface area contributed by atoms with Crippen LogP contribution in [0.25, 0.3) is 0 Å². The molecule has 0 N–H and O–H groups in total. The quantitative estimate of drug-likeness (QED) is 0.271. The van der Waals surface area contributed by atoms with Crippen LogP contribution in [0.15, 0.2) is 111 Å². The molecule has 0 radical (unpaired) electrons. The first kappa shape index (κ1) is 21.7. The third-order valence-corrected chi connectivity index (χ3v) is 9.30. The van der Waals surface area contributed by atoms with Crippen molar-refractivity contribution < 1.29 is 0 Å². The molecule has 0 nitrogen and oxygen atoms in total. The number of hydrogen-bond acceptors (Lipinski definition) is 0. The zero-order chi connectivity index (χ0) is 19.1. The van der Waals surface area contributed by atoms with Crippen LogP contribution in [0.5, 0.6) is 0 Å². The van der Waals surface area contributed by atoms with Gasteiger partial charge in [0, 0.05) is 0 Å². The molecule has 0 atom stereocenters. The lowest BCUT2D eigenvalue weighted by atomic mass is 10.2. The Morgan fingerprint density at radius 3 is 1.27 bits per heavy atom. The fourth-order valence-corrected chi connectivity index (χ4v) is 7.22. The van der Waals surface area contributed by atoms with E-state index in [-0.39, 0.29) is 0 Å². The molecule has 0 heterocycles. The van der Waals surface area contributed by atoms with Gasteiger partial charge in [-0.05, 0) is 31.4 Å². The van der Waals surface area contributed by atoms with E-state index in [1.165, 1.54) is 16.8 Å². The second-order valence-electron chi connectivity index (χ2n) is 6.31. The van der Waals surface area contributed by atoms with Gasteiger partial charge in [-0.3, -0.25) is 0 Å². The second-order valence-corrected chi connectivity index (χ2v) is 10.4. The molecule has 136 valence electrons. The van der Waals surface area contributed by atoms with Gasteiger partial charge in [-0.15, -0.1) is 26.3 Å². The number of benzene rings is 2. The van der Waals surface area contributed by atoms with E-state index in [4.69, 9.17) is 0 Å². The zero-order valence-corrected chi connectivity index (χ0v) is 16.9. The lowest BCUT2D eigenvalue weighted by molar-refractivity contribution is 0.871. The van der Waals surface area contributed by atoms with E-state index in [0.29, 0.717) is 0 Å². The molecule has 0 aliphatic heterocycles. The molecule has 2 aromatic rings. The summed E-state index contributed by atoms with van der Waals surface area (Å²) in [5.74, 6) is 0. The molecule has 0 bridgehead atoms. The van der Waals surface area contributed by atoms with Crippen molar-refractivity contribution in [3.05, 3.63) is 111 Å². The second kappa shape index (κ2) is 12.9. The van der Waals surface area contributed by atoms with Crippen molar-refractivity contribution in [1.29, 1.82) is 0 Å². The van der Waals surface area contributed by atoms with E-state index in [9.17, 15) is 0 Å². The highest BCUT2D eigenvalue weighted by molar-refractivity contribution is 7.02. The van der Waals surface area contributed by atoms with E-state index < -0.39 is 8.07 Å². The Kier molecular flexibility index (Phi) is 10.8. The summed E-state index contributed by atoms with van der Waals surface area (Å²) in [5.41, 5.74) is 0. The number of unbranched alkanes of at least 4 members (excludes halogenated alkanes) is 2. The van der Waals surface area contributed by atoms with E-state index in [2.05, 4.69) is 99.1 Å². The highest BCUT2D eigenvalue weighted by Crippen LogP contribution is 2.17. The summed E-state index contributed by atoms with van der Waals surface area (Å²) < 4.78 is 0. The van der Waals surface area contributed by atoms with Crippen molar-refractivity contribution in [3.8, 4) is 0 Å². The Bertz CT molecular complexity index is 596. The minimum absolute atomic E-state index is 1.05. The van der Waals surface area contributed by atoms with Crippen LogP contribution in [-0.2, 0) is 0 Å². The first-order chi connectivity index (χ1) is 12.7. The Morgan fingerprint density at radius 1 is 0.577 bits per heavy atom. The molecule has 0 aliphatic carbocycles. The molecule has 0 aromatic heterocycles. The van der Waals surface area contributed by atoms with Crippen molar-refractivity contribution in [2.24, 2.45) is 0 Å². The average molecular weight is 361 g/mol. The fourth-order valence-electron chi connectivity index (χ4n) is 3.14. The van der Waals surface area contributed by atoms with Crippen molar-refractivity contribution in [3.63, 3.8) is 0 Å². The molecular weight excluding hydrogens is 328 g/mol. The Balaban J connectivity index is 0.000000412. The first-order valence-electron chi connectivity index (χ1n) is 9.29. The SMILES string of the molecule is C=CCCCC=C.C=CC[Si](CC=C)(c1ccccc1)c1ccccc1. The zero-order valence-electron chi connectivity index (χ0n) is 15.9. The largest absolute Gasteiger partial charge is 0.125 e. The van der Waals surface area contributed by atoms with Gasteiger partial charge in [0.05, 0.1) is 0 Å². The summed E-state index contributed by atoms with van der Waals surface area (Å²) in [4.78, 5) is 0. The van der Waals surface area contributed by atoms with Gasteiger partial charge in [-0.25, -0.2) is 0 Å². The van der Waals surface area contributed by atoms with Crippen molar-refractivity contribution in [2.75, 3.05) is 0 Å². The minimum Gasteiger partial charge on any atom is -0.103 e. The molecule has 0 unspecified atom stereocenters. The summed E-state index contributed by atoms with van der Waals surface area (Å²) in [5, 5.41) is 2.92. The highest BCUT2D eigenvalue weighted by Gasteiger charge is 2.34. The number of allylic oxidation sites excluding steroid dienone is 4. The van der Waals surface area contributed by atoms with Crippen LogP contribution in [0.3, 0.4) is 0 Å². The molecule has 2 rings (SSSR count). The number of hydrogen-bond donors (Lipinski definition) is 0. The average Bonchev–Trinajstić information content (AvgIpc) is 2.70. The molecule has 0 saturated heterocycles. The molecule has 2 aromatic carbocycles. The van der Waals surface area contributed by atoms with E-state index >= 15 is 0 Å². The maximum Gasteiger partial charge on any atom is 0.125 e. The van der Waals surface area contributed by atoms with Gasteiger partial charge >= 0.3 is 0 Å². The first-order valence-corrected chi connectivity index (χ1v) is 11.7. The standard InChI is InChI=1S/C18H20Si.C7H12/c1-3-15-19(16-4-2,17-11-7-5-8-12-17)18-13-9-6-10-14-18;1-3-5-7-6-4-2/h3-14H,1-2,15-16H2;3-4H,1-2,5-7H2. The normalized spacial score (nSPS) is 10.2. The van der Waals surface area contributed by atoms with Gasteiger partial charge in [0.2, 0.25) is 0 Å². The highest BCUT2D eigenvalue weighted by atomic mass is 28.3. The third kappa shape index (κ3) is 6.49. The van der Waals surface area contributed by atoms with Crippen LogP contribution in [0.4, 0.5) is 0 Å². The van der Waals surface area contributed by atoms with Crippen molar-refractivity contribution >= 4 is 18.4 Å². The van der Waals surface area contributed by atoms with E-state index in [0.717, 1.165) is 24.9 Å². The molecule has 0 saturated carbocycles. The van der Waals surface area contributed by atoms with Gasteiger partial charge in [0.15, 0.2) is 0 Å². The van der Waals surface area contributed by atoms with Crippen LogP contribution in [0.2, 0.25) is 12.1 Å². The molecule has 26 heavy (non-hydrogen) atoms. The maximum absolute atomic E-state index is 3.98. The Morgan fingerprint density at radius 2 is 0.962 bits per heavy atom. The minimum atomic E-state index is -1.78. The van der Waals surface area contributed by atoms with Crippen LogP contribution in [0, 0.1) is 0 Å². The summed E-state index contributed by atoms with van der Waals surface area (Å²) in [7, 11) is -1.78. The van der Waals surface area contributed by atoms with Gasteiger partial charge in [-0.2, -0.15) is 0 Å². The topological polar surface area (TPSA) is 0 Å². The van der Waals surface area contributed by atoms with E-state index in [1.807, 2.05) is 12.2 Å². The van der Waals surface area contributed by atoms with Crippen molar-refractivity contribution in [2.45, 2.75) is 31.4 Å². The van der Waals surface area contributed by atoms with Crippen LogP contribution in [-0.4, -0.2) is 8.07 Å². The lowest BCUT2D eigenvalue weighted by Crippen LogP contribution is -2.57. The maximum atomic E-state index is 3.98. The molecular formula is C25H32Si. The van der Waals surface area contributed by atoms with E-state index in [1.54, 1.807) is 0 Å². The van der Waals surface area contributed by atoms with Crippen LogP contribution >= 0.6 is 0 Å². The predicted molar refractivity (Wildman–Crippen MR) is 122 cm³/mol. The lowest BCUT2D eigenvalue weighted by Gasteiger charge is -2.31. The fraction of sp³-hybridized carbons (Fsp3) is 0.200. The molecule has 0 amide bonds. The summed E-state index contributed by atoms with van der Waals surface area (Å²) >= 11 is 0.